The lowest BCUT2D eigenvalue weighted by Crippen LogP contribution is -2.36. The second-order valence-corrected chi connectivity index (χ2v) is 6.31. The molecule has 1 rings (SSSR count). The number of carbonyl (C=O) groups excluding carboxylic acids is 1. The Labute approximate surface area is 111 Å². The maximum Gasteiger partial charge on any atom is 0.252 e. The van der Waals surface area contributed by atoms with Crippen molar-refractivity contribution in [2.45, 2.75) is 18.6 Å². The van der Waals surface area contributed by atoms with E-state index in [-0.39, 0.29) is 10.7 Å². The van der Waals surface area contributed by atoms with Crippen LogP contribution in [0.1, 0.15) is 24.2 Å². The Morgan fingerprint density at radius 1 is 1.53 bits per heavy atom. The van der Waals surface area contributed by atoms with E-state index in [9.17, 15) is 4.79 Å². The van der Waals surface area contributed by atoms with Crippen LogP contribution >= 0.6 is 23.4 Å². The number of nitrogens with one attached hydrogen (secondary N) is 1. The maximum atomic E-state index is 11.9. The molecule has 0 aliphatic carbocycles. The molecule has 0 spiro atoms. The van der Waals surface area contributed by atoms with E-state index in [2.05, 4.69) is 19.2 Å². The molecule has 0 saturated carbocycles. The highest BCUT2D eigenvalue weighted by Crippen LogP contribution is 2.21. The van der Waals surface area contributed by atoms with Crippen LogP contribution in [0.2, 0.25) is 5.02 Å². The third-order valence-electron chi connectivity index (χ3n) is 2.47. The number of halogens is 1. The van der Waals surface area contributed by atoms with Gasteiger partial charge in [0, 0.05) is 17.0 Å². The molecular weight excluding hydrogens is 256 g/mol. The number of rotatable bonds is 4. The van der Waals surface area contributed by atoms with E-state index in [0.29, 0.717) is 22.8 Å². The molecular formula is C12H17ClN2OS. The summed E-state index contributed by atoms with van der Waals surface area (Å²) >= 11 is 7.67. The van der Waals surface area contributed by atoms with Crippen LogP contribution < -0.4 is 11.1 Å². The molecule has 0 heterocycles. The first-order valence-corrected chi connectivity index (χ1v) is 6.84. The Kier molecular flexibility index (Phi) is 4.71. The SMILES string of the molecule is CSC(C)(C)CNC(=O)c1ccc(N)cc1Cl. The number of amides is 1. The quantitative estimate of drug-likeness (QED) is 0.829. The van der Waals surface area contributed by atoms with Gasteiger partial charge in [0.1, 0.15) is 0 Å². The first-order valence-electron chi connectivity index (χ1n) is 5.24. The van der Waals surface area contributed by atoms with Gasteiger partial charge >= 0.3 is 0 Å². The highest BCUT2D eigenvalue weighted by molar-refractivity contribution is 7.99. The molecule has 5 heteroatoms. The van der Waals surface area contributed by atoms with Crippen LogP contribution in [0.4, 0.5) is 5.69 Å². The zero-order valence-corrected chi connectivity index (χ0v) is 11.8. The van der Waals surface area contributed by atoms with Crippen LogP contribution in [0, 0.1) is 0 Å². The highest BCUT2D eigenvalue weighted by atomic mass is 35.5. The molecule has 0 unspecified atom stereocenters. The fraction of sp³-hybridized carbons (Fsp3) is 0.417. The maximum absolute atomic E-state index is 11.9. The standard InChI is InChI=1S/C12H17ClN2OS/c1-12(2,17-3)7-15-11(16)9-5-4-8(14)6-10(9)13/h4-6H,7,14H2,1-3H3,(H,15,16). The molecule has 3 nitrogen and oxygen atoms in total. The van der Waals surface area contributed by atoms with Gasteiger partial charge in [-0.15, -0.1) is 0 Å². The number of hydrogen-bond donors (Lipinski definition) is 2. The molecule has 0 aromatic heterocycles. The van der Waals surface area contributed by atoms with Crippen LogP contribution in [0.3, 0.4) is 0 Å². The van der Waals surface area contributed by atoms with Crippen LogP contribution in [0.5, 0.6) is 0 Å². The van der Waals surface area contributed by atoms with Crippen molar-refractivity contribution in [2.24, 2.45) is 0 Å². The van der Waals surface area contributed by atoms with Gasteiger partial charge in [0.15, 0.2) is 0 Å². The molecule has 1 aromatic rings. The normalized spacial score (nSPS) is 11.3. The van der Waals surface area contributed by atoms with E-state index >= 15 is 0 Å². The number of hydrogen-bond acceptors (Lipinski definition) is 3. The molecule has 0 aliphatic heterocycles. The molecule has 0 bridgehead atoms. The number of carbonyl (C=O) groups is 1. The summed E-state index contributed by atoms with van der Waals surface area (Å²) in [6.45, 7) is 4.73. The molecule has 3 N–H and O–H groups in total. The smallest absolute Gasteiger partial charge is 0.252 e. The molecule has 94 valence electrons. The van der Waals surface area contributed by atoms with Crippen molar-refractivity contribution >= 4 is 35.0 Å². The average Bonchev–Trinajstić information content (AvgIpc) is 2.26. The first kappa shape index (κ1) is 14.2. The molecule has 1 aromatic carbocycles. The van der Waals surface area contributed by atoms with Gasteiger partial charge in [0.2, 0.25) is 0 Å². The number of nitrogen functional groups attached to an aromatic ring is 1. The lowest BCUT2D eigenvalue weighted by molar-refractivity contribution is 0.0951. The van der Waals surface area contributed by atoms with Gasteiger partial charge in [-0.2, -0.15) is 11.8 Å². The van der Waals surface area contributed by atoms with Crippen LogP contribution in [-0.2, 0) is 0 Å². The Morgan fingerprint density at radius 2 is 2.18 bits per heavy atom. The van der Waals surface area contributed by atoms with Crippen LogP contribution in [0.25, 0.3) is 0 Å². The van der Waals surface area contributed by atoms with Gasteiger partial charge in [0.05, 0.1) is 10.6 Å². The summed E-state index contributed by atoms with van der Waals surface area (Å²) in [4.78, 5) is 11.9. The predicted octanol–water partition coefficient (Wildman–Crippen LogP) is 2.79. The van der Waals surface area contributed by atoms with Crippen molar-refractivity contribution in [2.75, 3.05) is 18.5 Å². The summed E-state index contributed by atoms with van der Waals surface area (Å²) in [6.07, 6.45) is 2.02. The summed E-state index contributed by atoms with van der Waals surface area (Å²) in [5.41, 5.74) is 6.58. The van der Waals surface area contributed by atoms with Gasteiger partial charge in [0.25, 0.3) is 5.91 Å². The van der Waals surface area contributed by atoms with E-state index in [4.69, 9.17) is 17.3 Å². The second kappa shape index (κ2) is 5.65. The minimum atomic E-state index is -0.169. The summed E-state index contributed by atoms with van der Waals surface area (Å²) < 4.78 is 0.00987. The zero-order chi connectivity index (χ0) is 13.1. The third-order valence-corrected chi connectivity index (χ3v) is 4.03. The summed E-state index contributed by atoms with van der Waals surface area (Å²) in [5, 5.41) is 3.24. The van der Waals surface area contributed by atoms with Gasteiger partial charge < -0.3 is 11.1 Å². The molecule has 0 atom stereocenters. The lowest BCUT2D eigenvalue weighted by Gasteiger charge is -2.22. The van der Waals surface area contributed by atoms with Gasteiger partial charge in [-0.1, -0.05) is 11.6 Å². The Morgan fingerprint density at radius 3 is 2.71 bits per heavy atom. The van der Waals surface area contributed by atoms with Crippen LogP contribution in [-0.4, -0.2) is 23.5 Å². The topological polar surface area (TPSA) is 55.1 Å². The monoisotopic (exact) mass is 272 g/mol. The Hall–Kier alpha value is -0.870. The lowest BCUT2D eigenvalue weighted by atomic mass is 10.1. The average molecular weight is 273 g/mol. The van der Waals surface area contributed by atoms with E-state index in [1.807, 2.05) is 6.26 Å². The third kappa shape index (κ3) is 4.13. The Bertz CT molecular complexity index is 421. The highest BCUT2D eigenvalue weighted by Gasteiger charge is 2.18. The molecule has 17 heavy (non-hydrogen) atoms. The van der Waals surface area contributed by atoms with E-state index < -0.39 is 0 Å². The minimum Gasteiger partial charge on any atom is -0.399 e. The number of thioether (sulfide) groups is 1. The van der Waals surface area contributed by atoms with E-state index in [0.717, 1.165) is 0 Å². The fourth-order valence-corrected chi connectivity index (χ4v) is 1.67. The first-order chi connectivity index (χ1) is 7.85. The van der Waals surface area contributed by atoms with Gasteiger partial charge in [-0.25, -0.2) is 0 Å². The molecule has 0 fully saturated rings. The van der Waals surface area contributed by atoms with Crippen molar-refractivity contribution in [1.29, 1.82) is 0 Å². The van der Waals surface area contributed by atoms with Crippen molar-refractivity contribution in [3.05, 3.63) is 28.8 Å². The number of nitrogens with two attached hydrogens (primary N) is 1. The van der Waals surface area contributed by atoms with Crippen LogP contribution in [0.15, 0.2) is 18.2 Å². The zero-order valence-electron chi connectivity index (χ0n) is 10.2. The van der Waals surface area contributed by atoms with Gasteiger partial charge in [-0.3, -0.25) is 4.79 Å². The second-order valence-electron chi connectivity index (χ2n) is 4.39. The largest absolute Gasteiger partial charge is 0.399 e. The Balaban J connectivity index is 2.71. The van der Waals surface area contributed by atoms with Crippen molar-refractivity contribution in [1.82, 2.24) is 5.32 Å². The summed E-state index contributed by atoms with van der Waals surface area (Å²) in [5.74, 6) is -0.169. The molecule has 0 radical (unpaired) electrons. The van der Waals surface area contributed by atoms with E-state index in [1.54, 1.807) is 30.0 Å². The van der Waals surface area contributed by atoms with Crippen molar-refractivity contribution < 1.29 is 4.79 Å². The van der Waals surface area contributed by atoms with Gasteiger partial charge in [-0.05, 0) is 38.3 Å². The number of benzene rings is 1. The van der Waals surface area contributed by atoms with E-state index in [1.165, 1.54) is 0 Å². The number of anilines is 1. The van der Waals surface area contributed by atoms with Crippen molar-refractivity contribution in [3.8, 4) is 0 Å². The molecule has 0 saturated heterocycles. The fourth-order valence-electron chi connectivity index (χ4n) is 1.18. The molecule has 1 amide bonds. The summed E-state index contributed by atoms with van der Waals surface area (Å²) in [6, 6.07) is 4.88. The minimum absolute atomic E-state index is 0.00987. The molecule has 0 aliphatic rings. The predicted molar refractivity (Wildman–Crippen MR) is 75.8 cm³/mol. The van der Waals surface area contributed by atoms with Crippen molar-refractivity contribution in [3.63, 3.8) is 0 Å². The summed E-state index contributed by atoms with van der Waals surface area (Å²) in [7, 11) is 0.